The van der Waals surface area contributed by atoms with Gasteiger partial charge in [-0.15, -0.1) is 0 Å². The van der Waals surface area contributed by atoms with E-state index in [1.54, 1.807) is 25.2 Å². The first-order valence-corrected chi connectivity index (χ1v) is 13.8. The Morgan fingerprint density at radius 3 is 2.71 bits per heavy atom. The van der Waals surface area contributed by atoms with Crippen molar-refractivity contribution in [2.75, 3.05) is 38.2 Å². The molecule has 0 aromatic heterocycles. The van der Waals surface area contributed by atoms with Crippen LogP contribution in [-0.4, -0.2) is 60.3 Å². The van der Waals surface area contributed by atoms with Crippen LogP contribution in [0.25, 0.3) is 0 Å². The van der Waals surface area contributed by atoms with Crippen LogP contribution >= 0.6 is 11.6 Å². The summed E-state index contributed by atoms with van der Waals surface area (Å²) in [6.45, 7) is 2.41. The molecule has 0 radical (unpaired) electrons. The number of hydrogen-bond donors (Lipinski definition) is 2. The number of halogens is 1. The molecule has 1 amide bonds. The second-order valence-electron chi connectivity index (χ2n) is 10.9. The SMILES string of the molecule is CN1CC/C=C\CCCN2C[C@@]3(CCCc4cc(Cl)ccc43)COc3ccc(cc32)[C@](O)(C(=O)O)CC1=O. The van der Waals surface area contributed by atoms with Crippen LogP contribution in [0.3, 0.4) is 0 Å². The Morgan fingerprint density at radius 2 is 1.89 bits per heavy atom. The van der Waals surface area contributed by atoms with Gasteiger partial charge in [-0.25, -0.2) is 4.79 Å². The van der Waals surface area contributed by atoms with Gasteiger partial charge >= 0.3 is 5.97 Å². The molecule has 0 saturated carbocycles. The van der Waals surface area contributed by atoms with Crippen LogP contribution in [0.1, 0.15) is 55.2 Å². The van der Waals surface area contributed by atoms with E-state index in [1.807, 2.05) is 6.07 Å². The zero-order chi connectivity index (χ0) is 26.9. The van der Waals surface area contributed by atoms with E-state index in [-0.39, 0.29) is 11.0 Å². The summed E-state index contributed by atoms with van der Waals surface area (Å²) in [6.07, 6.45) is 9.11. The maximum Gasteiger partial charge on any atom is 0.340 e. The molecule has 2 aliphatic heterocycles. The summed E-state index contributed by atoms with van der Waals surface area (Å²) in [5.74, 6) is -1.21. The lowest BCUT2D eigenvalue weighted by atomic mass is 9.70. The number of rotatable bonds is 1. The second-order valence-corrected chi connectivity index (χ2v) is 11.3. The van der Waals surface area contributed by atoms with E-state index in [2.05, 4.69) is 29.2 Å². The van der Waals surface area contributed by atoms with Crippen molar-refractivity contribution in [1.29, 1.82) is 0 Å². The van der Waals surface area contributed by atoms with Gasteiger partial charge in [-0.2, -0.15) is 0 Å². The number of carboxylic acid groups (broad SMARTS) is 1. The average Bonchev–Trinajstić information content (AvgIpc) is 3.04. The lowest BCUT2D eigenvalue weighted by Gasteiger charge is -2.41. The van der Waals surface area contributed by atoms with Crippen molar-refractivity contribution in [2.24, 2.45) is 0 Å². The number of carbonyl (C=O) groups excluding carboxylic acids is 1. The standard InChI is InChI=1S/C30H35ClN2O5/c1-32-14-5-3-2-4-6-15-33-19-29(13-7-8-21-16-23(31)10-11-24(21)29)20-38-26-12-9-22(17-25(26)33)30(37,28(35)36)18-27(32)34/h2-3,9-12,16-17,37H,4-8,13-15,18-20H2,1H3,(H,35,36)/b3-2-/t29-,30-/m0/s1. The maximum absolute atomic E-state index is 12.9. The smallest absolute Gasteiger partial charge is 0.340 e. The topological polar surface area (TPSA) is 90.3 Å². The monoisotopic (exact) mass is 538 g/mol. The lowest BCUT2D eigenvalue weighted by molar-refractivity contribution is -0.164. The molecule has 202 valence electrons. The van der Waals surface area contributed by atoms with Gasteiger partial charge < -0.3 is 24.7 Å². The minimum atomic E-state index is -2.35. The molecule has 0 saturated heterocycles. The highest BCUT2D eigenvalue weighted by molar-refractivity contribution is 6.30. The van der Waals surface area contributed by atoms with Crippen LogP contribution < -0.4 is 9.64 Å². The summed E-state index contributed by atoms with van der Waals surface area (Å²) >= 11 is 6.34. The Bertz CT molecular complexity index is 1260. The maximum atomic E-state index is 12.9. The normalized spacial score (nSPS) is 27.0. The fraction of sp³-hybridized carbons (Fsp3) is 0.467. The molecule has 7 nitrogen and oxygen atoms in total. The van der Waals surface area contributed by atoms with E-state index < -0.39 is 23.9 Å². The number of carbonyl (C=O) groups is 2. The molecule has 0 unspecified atom stereocenters. The molecule has 1 spiro atoms. The van der Waals surface area contributed by atoms with Crippen LogP contribution in [0.4, 0.5) is 5.69 Å². The third kappa shape index (κ3) is 5.02. The minimum Gasteiger partial charge on any atom is -0.490 e. The molecule has 2 N–H and O–H groups in total. The summed E-state index contributed by atoms with van der Waals surface area (Å²) in [5, 5.41) is 22.2. The number of allylic oxidation sites excluding steroid dienone is 1. The Balaban J connectivity index is 1.59. The summed E-state index contributed by atoms with van der Waals surface area (Å²) in [5.41, 5.74) is 0.854. The van der Waals surface area contributed by atoms with Gasteiger partial charge in [0.2, 0.25) is 5.91 Å². The molecule has 2 aromatic carbocycles. The predicted molar refractivity (Wildman–Crippen MR) is 147 cm³/mol. The van der Waals surface area contributed by atoms with E-state index in [1.165, 1.54) is 16.0 Å². The van der Waals surface area contributed by atoms with Gasteiger partial charge in [0.25, 0.3) is 0 Å². The van der Waals surface area contributed by atoms with Crippen LogP contribution in [-0.2, 0) is 27.0 Å². The first-order chi connectivity index (χ1) is 18.2. The number of benzene rings is 2. The molecule has 2 atom stereocenters. The Morgan fingerprint density at radius 1 is 1.08 bits per heavy atom. The quantitative estimate of drug-likeness (QED) is 0.513. The number of nitrogens with zero attached hydrogens (tertiary/aromatic N) is 2. The molecule has 38 heavy (non-hydrogen) atoms. The molecule has 3 aliphatic rings. The first-order valence-electron chi connectivity index (χ1n) is 13.4. The van der Waals surface area contributed by atoms with Gasteiger partial charge in [0.1, 0.15) is 5.75 Å². The number of amides is 1. The second kappa shape index (κ2) is 10.6. The van der Waals surface area contributed by atoms with E-state index in [9.17, 15) is 19.8 Å². The summed E-state index contributed by atoms with van der Waals surface area (Å²) in [4.78, 5) is 29.0. The van der Waals surface area contributed by atoms with E-state index in [4.69, 9.17) is 16.3 Å². The number of fused-ring (bicyclic) bond motifs is 3. The molecule has 5 rings (SSSR count). The van der Waals surface area contributed by atoms with Crippen LogP contribution in [0.5, 0.6) is 5.75 Å². The Hall–Kier alpha value is -3.03. The summed E-state index contributed by atoms with van der Waals surface area (Å²) < 4.78 is 6.45. The van der Waals surface area contributed by atoms with Crippen LogP contribution in [0, 0.1) is 0 Å². The van der Waals surface area contributed by atoms with Crippen molar-refractivity contribution in [3.63, 3.8) is 0 Å². The van der Waals surface area contributed by atoms with Gasteiger partial charge in [-0.05, 0) is 79.5 Å². The fourth-order valence-corrected chi connectivity index (χ4v) is 6.29. The van der Waals surface area contributed by atoms with Crippen LogP contribution in [0.15, 0.2) is 48.6 Å². The third-order valence-corrected chi connectivity index (χ3v) is 8.53. The number of hydrogen-bond acceptors (Lipinski definition) is 5. The van der Waals surface area contributed by atoms with Crippen molar-refractivity contribution in [1.82, 2.24) is 4.90 Å². The molecular formula is C30H35ClN2O5. The molecule has 8 heteroatoms. The number of aliphatic hydroxyl groups is 1. The molecule has 2 bridgehead atoms. The fourth-order valence-electron chi connectivity index (χ4n) is 6.09. The zero-order valence-corrected chi connectivity index (χ0v) is 22.5. The average molecular weight is 539 g/mol. The van der Waals surface area contributed by atoms with Gasteiger partial charge in [0.15, 0.2) is 5.60 Å². The van der Waals surface area contributed by atoms with Crippen molar-refractivity contribution < 1.29 is 24.5 Å². The van der Waals surface area contributed by atoms with Crippen LogP contribution in [0.2, 0.25) is 5.02 Å². The number of ether oxygens (including phenoxy) is 1. The van der Waals surface area contributed by atoms with E-state index in [0.29, 0.717) is 31.9 Å². The lowest BCUT2D eigenvalue weighted by Crippen LogP contribution is -2.46. The molecule has 0 fully saturated rings. The predicted octanol–water partition coefficient (Wildman–Crippen LogP) is 4.67. The van der Waals surface area contributed by atoms with Crippen molar-refractivity contribution in [2.45, 2.75) is 56.0 Å². The van der Waals surface area contributed by atoms with Gasteiger partial charge in [-0.3, -0.25) is 4.79 Å². The minimum absolute atomic E-state index is 0.180. The molecular weight excluding hydrogens is 504 g/mol. The van der Waals surface area contributed by atoms with E-state index >= 15 is 0 Å². The Kier molecular flexibility index (Phi) is 7.43. The number of aliphatic carboxylic acids is 1. The highest BCUT2D eigenvalue weighted by Gasteiger charge is 2.44. The van der Waals surface area contributed by atoms with Gasteiger partial charge in [-0.1, -0.05) is 35.9 Å². The number of aryl methyl sites for hydroxylation is 1. The van der Waals surface area contributed by atoms with Crippen molar-refractivity contribution >= 4 is 29.2 Å². The highest BCUT2D eigenvalue weighted by atomic mass is 35.5. The molecule has 2 heterocycles. The van der Waals surface area contributed by atoms with Crippen molar-refractivity contribution in [3.8, 4) is 5.75 Å². The highest BCUT2D eigenvalue weighted by Crippen LogP contribution is 2.45. The van der Waals surface area contributed by atoms with Gasteiger partial charge in [0, 0.05) is 37.1 Å². The number of carboxylic acids is 1. The zero-order valence-electron chi connectivity index (χ0n) is 21.8. The first kappa shape index (κ1) is 26.6. The number of anilines is 1. The Labute approximate surface area is 228 Å². The molecule has 2 aromatic rings. The molecule has 1 aliphatic carbocycles. The third-order valence-electron chi connectivity index (χ3n) is 8.30. The summed E-state index contributed by atoms with van der Waals surface area (Å²) in [6, 6.07) is 11.2. The van der Waals surface area contributed by atoms with Crippen molar-refractivity contribution in [3.05, 3.63) is 70.3 Å². The summed E-state index contributed by atoms with van der Waals surface area (Å²) in [7, 11) is 1.64. The van der Waals surface area contributed by atoms with Gasteiger partial charge in [0.05, 0.1) is 18.7 Å². The largest absolute Gasteiger partial charge is 0.490 e. The van der Waals surface area contributed by atoms with E-state index in [0.717, 1.165) is 49.4 Å².